The Hall–Kier alpha value is -3.98. The van der Waals surface area contributed by atoms with Crippen molar-refractivity contribution in [2.75, 3.05) is 33.8 Å². The van der Waals surface area contributed by atoms with E-state index in [1.165, 1.54) is 0 Å². The van der Waals surface area contributed by atoms with Crippen molar-refractivity contribution in [3.8, 4) is 23.0 Å². The Morgan fingerprint density at radius 1 is 0.805 bits per heavy atom. The maximum Gasteiger partial charge on any atom is 0.155 e. The molecule has 2 aromatic heterocycles. The third kappa shape index (κ3) is 5.91. The molecule has 0 saturated carbocycles. The number of unbranched alkanes of at least 4 members (excludes halogenated alkanes) is 1. The SMILES string of the molecule is CCCCc1nc2c(NCc3ccc(OC)cc3OC)nc3cc(Br)ccc3c2n1Cc1ccc(OC)cc1OC. The van der Waals surface area contributed by atoms with Crippen LogP contribution < -0.4 is 24.3 Å². The molecule has 0 aliphatic rings. The highest BCUT2D eigenvalue weighted by Gasteiger charge is 2.20. The van der Waals surface area contributed by atoms with E-state index in [9.17, 15) is 0 Å². The van der Waals surface area contributed by atoms with E-state index < -0.39 is 0 Å². The molecule has 0 unspecified atom stereocenters. The molecule has 0 fully saturated rings. The minimum atomic E-state index is 0.512. The van der Waals surface area contributed by atoms with E-state index >= 15 is 0 Å². The average molecular weight is 620 g/mol. The number of aryl methyl sites for hydroxylation is 1. The predicted molar refractivity (Wildman–Crippen MR) is 167 cm³/mol. The second kappa shape index (κ2) is 12.7. The molecular formula is C32H35BrN4O4. The van der Waals surface area contributed by atoms with Crippen molar-refractivity contribution in [3.63, 3.8) is 0 Å². The zero-order valence-corrected chi connectivity index (χ0v) is 25.7. The van der Waals surface area contributed by atoms with Crippen LogP contribution in [0.5, 0.6) is 23.0 Å². The van der Waals surface area contributed by atoms with Crippen molar-refractivity contribution in [2.45, 2.75) is 39.3 Å². The number of hydrogen-bond donors (Lipinski definition) is 1. The lowest BCUT2D eigenvalue weighted by Gasteiger charge is -2.15. The molecule has 3 aromatic carbocycles. The number of nitrogens with one attached hydrogen (secondary N) is 1. The van der Waals surface area contributed by atoms with Crippen LogP contribution in [0, 0.1) is 0 Å². The van der Waals surface area contributed by atoms with E-state index in [1.54, 1.807) is 28.4 Å². The van der Waals surface area contributed by atoms with Gasteiger partial charge in [0.05, 0.1) is 46.0 Å². The molecule has 0 spiro atoms. The summed E-state index contributed by atoms with van der Waals surface area (Å²) in [5.74, 6) is 4.77. The van der Waals surface area contributed by atoms with Crippen LogP contribution in [-0.4, -0.2) is 43.0 Å². The smallest absolute Gasteiger partial charge is 0.155 e. The number of fused-ring (bicyclic) bond motifs is 3. The Kier molecular flexibility index (Phi) is 8.83. The Labute approximate surface area is 248 Å². The summed E-state index contributed by atoms with van der Waals surface area (Å²) < 4.78 is 25.5. The van der Waals surface area contributed by atoms with Crippen LogP contribution in [-0.2, 0) is 19.5 Å². The number of methoxy groups -OCH3 is 4. The van der Waals surface area contributed by atoms with Gasteiger partial charge < -0.3 is 28.8 Å². The van der Waals surface area contributed by atoms with Crippen LogP contribution in [0.25, 0.3) is 21.9 Å². The van der Waals surface area contributed by atoms with Gasteiger partial charge in [-0.05, 0) is 48.9 Å². The molecule has 0 aliphatic carbocycles. The molecule has 0 atom stereocenters. The molecule has 9 heteroatoms. The molecule has 41 heavy (non-hydrogen) atoms. The average Bonchev–Trinajstić information content (AvgIpc) is 3.36. The fraction of sp³-hybridized carbons (Fsp3) is 0.312. The summed E-state index contributed by atoms with van der Waals surface area (Å²) in [5.41, 5.74) is 4.79. The van der Waals surface area contributed by atoms with Crippen LogP contribution in [0.3, 0.4) is 0 Å². The normalized spacial score (nSPS) is 11.2. The van der Waals surface area contributed by atoms with E-state index in [0.717, 1.165) is 91.4 Å². The molecule has 8 nitrogen and oxygen atoms in total. The highest BCUT2D eigenvalue weighted by Crippen LogP contribution is 2.35. The number of hydrogen-bond acceptors (Lipinski definition) is 7. The number of aromatic nitrogens is 3. The van der Waals surface area contributed by atoms with Crippen LogP contribution in [0.1, 0.15) is 36.7 Å². The summed E-state index contributed by atoms with van der Waals surface area (Å²) in [6, 6.07) is 18.0. The largest absolute Gasteiger partial charge is 0.497 e. The van der Waals surface area contributed by atoms with Gasteiger partial charge >= 0.3 is 0 Å². The number of imidazole rings is 1. The van der Waals surface area contributed by atoms with Gasteiger partial charge in [0.15, 0.2) is 5.82 Å². The van der Waals surface area contributed by atoms with E-state index in [1.807, 2.05) is 36.4 Å². The van der Waals surface area contributed by atoms with Gasteiger partial charge in [-0.1, -0.05) is 29.3 Å². The number of benzene rings is 3. The lowest BCUT2D eigenvalue weighted by Crippen LogP contribution is -2.08. The van der Waals surface area contributed by atoms with E-state index in [2.05, 4.69) is 50.9 Å². The second-order valence-electron chi connectivity index (χ2n) is 9.75. The predicted octanol–water partition coefficient (Wildman–Crippen LogP) is 7.38. The molecule has 2 heterocycles. The van der Waals surface area contributed by atoms with Crippen molar-refractivity contribution in [1.82, 2.24) is 14.5 Å². The molecule has 0 aliphatic heterocycles. The van der Waals surface area contributed by atoms with Crippen molar-refractivity contribution in [1.29, 1.82) is 0 Å². The highest BCUT2D eigenvalue weighted by molar-refractivity contribution is 9.10. The molecule has 0 amide bonds. The van der Waals surface area contributed by atoms with E-state index in [-0.39, 0.29) is 0 Å². The Morgan fingerprint density at radius 2 is 1.49 bits per heavy atom. The second-order valence-corrected chi connectivity index (χ2v) is 10.7. The fourth-order valence-electron chi connectivity index (χ4n) is 5.06. The highest BCUT2D eigenvalue weighted by atomic mass is 79.9. The van der Waals surface area contributed by atoms with E-state index in [0.29, 0.717) is 13.1 Å². The molecule has 5 aromatic rings. The van der Waals surface area contributed by atoms with Gasteiger partial charge in [-0.15, -0.1) is 0 Å². The number of pyridine rings is 1. The first kappa shape index (κ1) is 28.5. The molecule has 214 valence electrons. The van der Waals surface area contributed by atoms with Crippen LogP contribution in [0.15, 0.2) is 59.1 Å². The summed E-state index contributed by atoms with van der Waals surface area (Å²) in [6.45, 7) is 3.31. The van der Waals surface area contributed by atoms with Crippen LogP contribution >= 0.6 is 15.9 Å². The van der Waals surface area contributed by atoms with Gasteiger partial charge in [-0.25, -0.2) is 9.97 Å². The van der Waals surface area contributed by atoms with Gasteiger partial charge in [0, 0.05) is 46.1 Å². The standard InChI is InChI=1S/C32H35BrN4O4/c1-6-7-8-29-36-30-31(37(29)19-21-10-13-24(39-3)17-28(21)41-5)25-14-11-22(33)15-26(25)35-32(30)34-18-20-9-12-23(38-2)16-27(20)40-4/h9-17H,6-8,18-19H2,1-5H3,(H,34,35). The Balaban J connectivity index is 1.66. The molecule has 0 radical (unpaired) electrons. The molecule has 0 bridgehead atoms. The Bertz CT molecular complexity index is 1680. The van der Waals surface area contributed by atoms with Crippen LogP contribution in [0.4, 0.5) is 5.82 Å². The van der Waals surface area contributed by atoms with Crippen molar-refractivity contribution in [2.24, 2.45) is 0 Å². The lowest BCUT2D eigenvalue weighted by atomic mass is 10.1. The number of anilines is 1. The van der Waals surface area contributed by atoms with E-state index in [4.69, 9.17) is 28.9 Å². The number of rotatable bonds is 12. The minimum absolute atomic E-state index is 0.512. The minimum Gasteiger partial charge on any atom is -0.497 e. The van der Waals surface area contributed by atoms with Crippen molar-refractivity contribution >= 4 is 43.7 Å². The first-order valence-electron chi connectivity index (χ1n) is 13.6. The lowest BCUT2D eigenvalue weighted by molar-refractivity contribution is 0.390. The number of halogens is 1. The monoisotopic (exact) mass is 618 g/mol. The summed E-state index contributed by atoms with van der Waals surface area (Å²) >= 11 is 3.63. The summed E-state index contributed by atoms with van der Waals surface area (Å²) in [4.78, 5) is 10.2. The fourth-order valence-corrected chi connectivity index (χ4v) is 5.41. The summed E-state index contributed by atoms with van der Waals surface area (Å²) in [6.07, 6.45) is 2.96. The summed E-state index contributed by atoms with van der Waals surface area (Å²) in [5, 5.41) is 4.60. The number of ether oxygens (including phenoxy) is 4. The third-order valence-electron chi connectivity index (χ3n) is 7.24. The molecule has 1 N–H and O–H groups in total. The molecule has 0 saturated heterocycles. The zero-order valence-electron chi connectivity index (χ0n) is 24.1. The third-order valence-corrected chi connectivity index (χ3v) is 7.73. The van der Waals surface area contributed by atoms with Gasteiger partial charge in [-0.2, -0.15) is 0 Å². The number of nitrogens with zero attached hydrogens (tertiary/aromatic N) is 3. The maximum absolute atomic E-state index is 5.76. The summed E-state index contributed by atoms with van der Waals surface area (Å²) in [7, 11) is 6.66. The van der Waals surface area contributed by atoms with Crippen molar-refractivity contribution in [3.05, 3.63) is 76.0 Å². The molecular weight excluding hydrogens is 584 g/mol. The molecule has 5 rings (SSSR count). The van der Waals surface area contributed by atoms with Crippen molar-refractivity contribution < 1.29 is 18.9 Å². The van der Waals surface area contributed by atoms with Gasteiger partial charge in [0.1, 0.15) is 34.3 Å². The van der Waals surface area contributed by atoms with Gasteiger partial charge in [0.2, 0.25) is 0 Å². The maximum atomic E-state index is 5.76. The zero-order chi connectivity index (χ0) is 28.9. The topological polar surface area (TPSA) is 79.7 Å². The Morgan fingerprint density at radius 3 is 2.15 bits per heavy atom. The first-order chi connectivity index (χ1) is 20.0. The van der Waals surface area contributed by atoms with Gasteiger partial charge in [-0.3, -0.25) is 0 Å². The van der Waals surface area contributed by atoms with Crippen LogP contribution in [0.2, 0.25) is 0 Å². The van der Waals surface area contributed by atoms with Gasteiger partial charge in [0.25, 0.3) is 0 Å². The quantitative estimate of drug-likeness (QED) is 0.156. The first-order valence-corrected chi connectivity index (χ1v) is 14.4.